The van der Waals surface area contributed by atoms with E-state index >= 15 is 0 Å². The SMILES string of the molecule is COc1cccc(NC(=O)Cn2cnc3c(cnn3-c3ccccc3)c2=O)c1. The van der Waals surface area contributed by atoms with Gasteiger partial charge in [-0.1, -0.05) is 24.3 Å². The highest BCUT2D eigenvalue weighted by Crippen LogP contribution is 2.17. The number of ether oxygens (including phenoxy) is 1. The molecule has 28 heavy (non-hydrogen) atoms. The number of benzene rings is 2. The maximum absolute atomic E-state index is 12.7. The molecular formula is C20H17N5O3. The first-order chi connectivity index (χ1) is 13.7. The van der Waals surface area contributed by atoms with E-state index in [-0.39, 0.29) is 18.0 Å². The maximum atomic E-state index is 12.7. The lowest BCUT2D eigenvalue weighted by Gasteiger charge is -2.08. The predicted octanol–water partition coefficient (Wildman–Crippen LogP) is 2.23. The van der Waals surface area contributed by atoms with Crippen molar-refractivity contribution in [3.63, 3.8) is 0 Å². The van der Waals surface area contributed by atoms with Crippen LogP contribution >= 0.6 is 0 Å². The first-order valence-corrected chi connectivity index (χ1v) is 8.58. The summed E-state index contributed by atoms with van der Waals surface area (Å²) < 4.78 is 7.99. The summed E-state index contributed by atoms with van der Waals surface area (Å²) in [5.41, 5.74) is 1.51. The van der Waals surface area contributed by atoms with Gasteiger partial charge in [-0.2, -0.15) is 5.10 Å². The number of anilines is 1. The number of carbonyl (C=O) groups excluding carboxylic acids is 1. The number of nitrogens with one attached hydrogen (secondary N) is 1. The van der Waals surface area contributed by atoms with Gasteiger partial charge in [0.1, 0.15) is 24.0 Å². The lowest BCUT2D eigenvalue weighted by atomic mass is 10.3. The summed E-state index contributed by atoms with van der Waals surface area (Å²) in [5.74, 6) is 0.290. The van der Waals surface area contributed by atoms with Crippen LogP contribution in [0.1, 0.15) is 0 Å². The van der Waals surface area contributed by atoms with E-state index in [1.807, 2.05) is 30.3 Å². The van der Waals surface area contributed by atoms with E-state index < -0.39 is 0 Å². The van der Waals surface area contributed by atoms with Crippen molar-refractivity contribution in [2.45, 2.75) is 6.54 Å². The van der Waals surface area contributed by atoms with Gasteiger partial charge in [0.05, 0.1) is 19.0 Å². The van der Waals surface area contributed by atoms with Gasteiger partial charge in [0.2, 0.25) is 5.91 Å². The summed E-state index contributed by atoms with van der Waals surface area (Å²) >= 11 is 0. The quantitative estimate of drug-likeness (QED) is 0.578. The molecule has 0 radical (unpaired) electrons. The number of nitrogens with zero attached hydrogens (tertiary/aromatic N) is 4. The van der Waals surface area contributed by atoms with Crippen LogP contribution in [-0.4, -0.2) is 32.3 Å². The van der Waals surface area contributed by atoms with Gasteiger partial charge in [0.15, 0.2) is 5.65 Å². The number of carbonyl (C=O) groups is 1. The highest BCUT2D eigenvalue weighted by molar-refractivity contribution is 5.90. The molecule has 0 fully saturated rings. The minimum atomic E-state index is -0.341. The van der Waals surface area contributed by atoms with E-state index in [0.29, 0.717) is 22.5 Å². The van der Waals surface area contributed by atoms with Crippen LogP contribution in [0.15, 0.2) is 71.9 Å². The molecule has 0 atom stereocenters. The van der Waals surface area contributed by atoms with E-state index in [9.17, 15) is 9.59 Å². The Bertz CT molecular complexity index is 1200. The van der Waals surface area contributed by atoms with Crippen LogP contribution in [0.4, 0.5) is 5.69 Å². The van der Waals surface area contributed by atoms with Gasteiger partial charge >= 0.3 is 0 Å². The van der Waals surface area contributed by atoms with Crippen LogP contribution in [0.25, 0.3) is 16.7 Å². The average molecular weight is 375 g/mol. The van der Waals surface area contributed by atoms with E-state index in [1.54, 1.807) is 36.1 Å². The van der Waals surface area contributed by atoms with E-state index in [2.05, 4.69) is 15.4 Å². The Morgan fingerprint density at radius 3 is 2.75 bits per heavy atom. The van der Waals surface area contributed by atoms with Gasteiger partial charge in [-0.15, -0.1) is 0 Å². The number of hydrogen-bond donors (Lipinski definition) is 1. The Morgan fingerprint density at radius 1 is 1.14 bits per heavy atom. The van der Waals surface area contributed by atoms with Crippen LogP contribution < -0.4 is 15.6 Å². The smallest absolute Gasteiger partial charge is 0.264 e. The lowest BCUT2D eigenvalue weighted by molar-refractivity contribution is -0.116. The van der Waals surface area contributed by atoms with Crippen LogP contribution in [0.3, 0.4) is 0 Å². The van der Waals surface area contributed by atoms with Gasteiger partial charge in [0, 0.05) is 11.8 Å². The van der Waals surface area contributed by atoms with Crippen LogP contribution in [0.5, 0.6) is 5.75 Å². The zero-order valence-corrected chi connectivity index (χ0v) is 15.1. The van der Waals surface area contributed by atoms with Crippen molar-refractivity contribution < 1.29 is 9.53 Å². The number of hydrogen-bond acceptors (Lipinski definition) is 5. The van der Waals surface area contributed by atoms with Crippen molar-refractivity contribution in [2.24, 2.45) is 0 Å². The highest BCUT2D eigenvalue weighted by Gasteiger charge is 2.13. The lowest BCUT2D eigenvalue weighted by Crippen LogP contribution is -2.27. The molecular weight excluding hydrogens is 358 g/mol. The van der Waals surface area contributed by atoms with Gasteiger partial charge in [-0.3, -0.25) is 14.2 Å². The molecule has 2 heterocycles. The molecule has 0 saturated carbocycles. The second-order valence-electron chi connectivity index (χ2n) is 6.09. The predicted molar refractivity (Wildman–Crippen MR) is 105 cm³/mol. The molecule has 8 heteroatoms. The van der Waals surface area contributed by atoms with E-state index in [4.69, 9.17) is 4.74 Å². The van der Waals surface area contributed by atoms with Crippen molar-refractivity contribution in [1.82, 2.24) is 19.3 Å². The molecule has 2 aromatic carbocycles. The second-order valence-corrected chi connectivity index (χ2v) is 6.09. The Hall–Kier alpha value is -3.94. The third-order valence-electron chi connectivity index (χ3n) is 4.22. The third kappa shape index (κ3) is 3.35. The summed E-state index contributed by atoms with van der Waals surface area (Å²) in [6.45, 7) is -0.157. The van der Waals surface area contributed by atoms with Gasteiger partial charge in [-0.05, 0) is 24.3 Å². The molecule has 0 aliphatic carbocycles. The molecule has 2 aromatic heterocycles. The first kappa shape index (κ1) is 17.5. The molecule has 8 nitrogen and oxygen atoms in total. The molecule has 0 bridgehead atoms. The summed E-state index contributed by atoms with van der Waals surface area (Å²) in [5, 5.41) is 7.35. The van der Waals surface area contributed by atoms with Crippen molar-refractivity contribution in [1.29, 1.82) is 0 Å². The molecule has 0 spiro atoms. The molecule has 4 aromatic rings. The normalized spacial score (nSPS) is 10.8. The fraction of sp³-hybridized carbons (Fsp3) is 0.100. The summed E-state index contributed by atoms with van der Waals surface area (Å²) in [4.78, 5) is 29.4. The molecule has 1 N–H and O–H groups in total. The number of amides is 1. The molecule has 0 saturated heterocycles. The van der Waals surface area contributed by atoms with E-state index in [1.165, 1.54) is 17.1 Å². The molecule has 0 aliphatic rings. The zero-order chi connectivity index (χ0) is 19.5. The Morgan fingerprint density at radius 2 is 1.96 bits per heavy atom. The highest BCUT2D eigenvalue weighted by atomic mass is 16.5. The Labute approximate surface area is 160 Å². The topological polar surface area (TPSA) is 91.0 Å². The van der Waals surface area contributed by atoms with Crippen molar-refractivity contribution >= 4 is 22.6 Å². The maximum Gasteiger partial charge on any atom is 0.264 e. The van der Waals surface area contributed by atoms with Crippen LogP contribution in [0.2, 0.25) is 0 Å². The Balaban J connectivity index is 1.59. The summed E-state index contributed by atoms with van der Waals surface area (Å²) in [6, 6.07) is 16.4. The Kier molecular flexibility index (Phi) is 4.59. The average Bonchev–Trinajstić information content (AvgIpc) is 3.16. The van der Waals surface area contributed by atoms with Gasteiger partial charge < -0.3 is 10.1 Å². The van der Waals surface area contributed by atoms with Crippen LogP contribution in [-0.2, 0) is 11.3 Å². The zero-order valence-electron chi connectivity index (χ0n) is 15.1. The standard InChI is InChI=1S/C20H17N5O3/c1-28-16-9-5-6-14(10-16)23-18(26)12-24-13-21-19-17(20(24)27)11-22-25(19)15-7-3-2-4-8-15/h2-11,13H,12H2,1H3,(H,23,26). The van der Waals surface area contributed by atoms with Crippen molar-refractivity contribution in [2.75, 3.05) is 12.4 Å². The van der Waals surface area contributed by atoms with Crippen molar-refractivity contribution in [3.8, 4) is 11.4 Å². The van der Waals surface area contributed by atoms with Gasteiger partial charge in [0.25, 0.3) is 5.56 Å². The monoisotopic (exact) mass is 375 g/mol. The first-order valence-electron chi connectivity index (χ1n) is 8.58. The fourth-order valence-corrected chi connectivity index (χ4v) is 2.88. The number of rotatable bonds is 5. The van der Waals surface area contributed by atoms with Crippen LogP contribution in [0, 0.1) is 0 Å². The number of methoxy groups -OCH3 is 1. The molecule has 0 aliphatic heterocycles. The number of fused-ring (bicyclic) bond motifs is 1. The number of para-hydroxylation sites is 1. The third-order valence-corrected chi connectivity index (χ3v) is 4.22. The second kappa shape index (κ2) is 7.36. The van der Waals surface area contributed by atoms with Gasteiger partial charge in [-0.25, -0.2) is 9.67 Å². The fourth-order valence-electron chi connectivity index (χ4n) is 2.88. The summed E-state index contributed by atoms with van der Waals surface area (Å²) in [7, 11) is 1.55. The number of aromatic nitrogens is 4. The largest absolute Gasteiger partial charge is 0.497 e. The molecule has 1 amide bonds. The van der Waals surface area contributed by atoms with E-state index in [0.717, 1.165) is 5.69 Å². The molecule has 4 rings (SSSR count). The van der Waals surface area contributed by atoms with Crippen molar-refractivity contribution in [3.05, 3.63) is 77.5 Å². The minimum Gasteiger partial charge on any atom is -0.497 e. The summed E-state index contributed by atoms with van der Waals surface area (Å²) in [6.07, 6.45) is 2.82. The minimum absolute atomic E-state index is 0.157. The molecule has 0 unspecified atom stereocenters. The molecule has 140 valence electrons.